The van der Waals surface area contributed by atoms with Gasteiger partial charge in [0, 0.05) is 5.02 Å². The van der Waals surface area contributed by atoms with E-state index in [-0.39, 0.29) is 5.97 Å². The largest absolute Gasteiger partial charge is 0.345 e. The van der Waals surface area contributed by atoms with E-state index in [1.54, 1.807) is 0 Å². The summed E-state index contributed by atoms with van der Waals surface area (Å²) in [5, 5.41) is 0.680. The maximum absolute atomic E-state index is 11.3. The minimum Gasteiger partial charge on any atom is -0.297 e. The number of halogens is 1. The highest BCUT2D eigenvalue weighted by atomic mass is 35.5. The molecule has 1 saturated heterocycles. The van der Waals surface area contributed by atoms with Crippen molar-refractivity contribution in [1.29, 1.82) is 0 Å². The molecule has 1 aromatic carbocycles. The molecule has 0 aromatic heterocycles. The zero-order valence-corrected chi connectivity index (χ0v) is 9.37. The van der Waals surface area contributed by atoms with E-state index in [1.165, 1.54) is 0 Å². The molecule has 84 valence electrons. The summed E-state index contributed by atoms with van der Waals surface area (Å²) in [5.74, 6) is 0.0991. The summed E-state index contributed by atoms with van der Waals surface area (Å²) >= 11 is 5.85. The summed E-state index contributed by atoms with van der Waals surface area (Å²) in [6.07, 6.45) is 2.47. The summed E-state index contributed by atoms with van der Waals surface area (Å²) in [7, 11) is 0. The minimum absolute atomic E-state index is 0.290. The average Bonchev–Trinajstić information content (AvgIpc) is 3.05. The molecule has 1 aromatic rings. The first-order valence-electron chi connectivity index (χ1n) is 5.35. The zero-order valence-electron chi connectivity index (χ0n) is 8.61. The molecule has 2 aliphatic rings. The van der Waals surface area contributed by atoms with Gasteiger partial charge in [0.25, 0.3) is 0 Å². The Bertz CT molecular complexity index is 424. The summed E-state index contributed by atoms with van der Waals surface area (Å²) in [6, 6.07) is 7.44. The second-order valence-corrected chi connectivity index (χ2v) is 4.82. The molecule has 0 amide bonds. The molecular weight excluding hydrogens is 228 g/mol. The molecule has 3 rings (SSSR count). The van der Waals surface area contributed by atoms with Gasteiger partial charge in [-0.3, -0.25) is 4.89 Å². The van der Waals surface area contributed by atoms with Crippen LogP contribution in [0.3, 0.4) is 0 Å². The van der Waals surface area contributed by atoms with Gasteiger partial charge in [-0.2, -0.15) is 4.89 Å². The van der Waals surface area contributed by atoms with Crippen LogP contribution in [0.1, 0.15) is 24.8 Å². The van der Waals surface area contributed by atoms with Crippen molar-refractivity contribution in [3.63, 3.8) is 0 Å². The molecule has 1 unspecified atom stereocenters. The van der Waals surface area contributed by atoms with Crippen molar-refractivity contribution >= 4 is 17.6 Å². The van der Waals surface area contributed by atoms with Crippen LogP contribution in [0.4, 0.5) is 0 Å². The average molecular weight is 239 g/mol. The summed E-state index contributed by atoms with van der Waals surface area (Å²) in [4.78, 5) is 21.3. The van der Waals surface area contributed by atoms with Gasteiger partial charge in [0.05, 0.1) is 6.42 Å². The Balaban J connectivity index is 2.00. The van der Waals surface area contributed by atoms with Crippen molar-refractivity contribution in [2.45, 2.75) is 24.9 Å². The molecule has 1 aliphatic heterocycles. The van der Waals surface area contributed by atoms with Crippen LogP contribution in [0.5, 0.6) is 0 Å². The number of carbonyl (C=O) groups is 1. The van der Waals surface area contributed by atoms with Gasteiger partial charge in [0.2, 0.25) is 0 Å². The number of hydrogen-bond donors (Lipinski definition) is 0. The van der Waals surface area contributed by atoms with Crippen LogP contribution in [-0.4, -0.2) is 5.97 Å². The minimum atomic E-state index is -0.568. The van der Waals surface area contributed by atoms with Crippen molar-refractivity contribution < 1.29 is 14.6 Å². The third-order valence-electron chi connectivity index (χ3n) is 3.26. The van der Waals surface area contributed by atoms with E-state index in [0.29, 0.717) is 17.4 Å². The Kier molecular flexibility index (Phi) is 2.19. The number of rotatable bonds is 2. The Morgan fingerprint density at radius 2 is 1.94 bits per heavy atom. The molecular formula is C12H11ClO3. The standard InChI is InChI=1S/C12H11ClO3/c13-10-5-3-9(4-6-10)12(8-1-2-8)7-11(14)15-16-12/h3-6,8H,1-2,7H2. The SMILES string of the molecule is O=C1CC(c2ccc(Cl)cc2)(C2CC2)OO1. The third-order valence-corrected chi connectivity index (χ3v) is 3.51. The van der Waals surface area contributed by atoms with Gasteiger partial charge in [-0.15, -0.1) is 0 Å². The highest BCUT2D eigenvalue weighted by Gasteiger charge is 2.54. The number of hydrogen-bond acceptors (Lipinski definition) is 3. The maximum atomic E-state index is 11.3. The summed E-state index contributed by atoms with van der Waals surface area (Å²) in [6.45, 7) is 0. The summed E-state index contributed by atoms with van der Waals surface area (Å²) < 4.78 is 0. The van der Waals surface area contributed by atoms with Gasteiger partial charge in [0.15, 0.2) is 5.60 Å². The first-order chi connectivity index (χ1) is 7.71. The van der Waals surface area contributed by atoms with Crippen molar-refractivity contribution in [3.8, 4) is 0 Å². The van der Waals surface area contributed by atoms with E-state index >= 15 is 0 Å². The molecule has 1 atom stereocenters. The zero-order chi connectivity index (χ0) is 11.2. The molecule has 4 heteroatoms. The van der Waals surface area contributed by atoms with Crippen LogP contribution in [0.25, 0.3) is 0 Å². The van der Waals surface area contributed by atoms with Gasteiger partial charge < -0.3 is 0 Å². The molecule has 0 N–H and O–H groups in total. The molecule has 0 bridgehead atoms. The first-order valence-corrected chi connectivity index (χ1v) is 5.73. The second kappa shape index (κ2) is 3.47. The van der Waals surface area contributed by atoms with Crippen LogP contribution in [0, 0.1) is 5.92 Å². The quantitative estimate of drug-likeness (QED) is 0.744. The van der Waals surface area contributed by atoms with E-state index < -0.39 is 5.60 Å². The van der Waals surface area contributed by atoms with Crippen LogP contribution < -0.4 is 0 Å². The fourth-order valence-electron chi connectivity index (χ4n) is 2.27. The molecule has 0 radical (unpaired) electrons. The molecule has 1 saturated carbocycles. The van der Waals surface area contributed by atoms with Crippen molar-refractivity contribution in [3.05, 3.63) is 34.9 Å². The molecule has 1 aliphatic carbocycles. The van der Waals surface area contributed by atoms with E-state index in [2.05, 4.69) is 4.89 Å². The van der Waals surface area contributed by atoms with Crippen molar-refractivity contribution in [1.82, 2.24) is 0 Å². The lowest BCUT2D eigenvalue weighted by Crippen LogP contribution is -2.27. The van der Waals surface area contributed by atoms with Crippen molar-refractivity contribution in [2.24, 2.45) is 5.92 Å². The molecule has 1 heterocycles. The van der Waals surface area contributed by atoms with Gasteiger partial charge in [-0.05, 0) is 36.5 Å². The molecule has 0 spiro atoms. The highest BCUT2D eigenvalue weighted by molar-refractivity contribution is 6.30. The summed E-state index contributed by atoms with van der Waals surface area (Å²) in [5.41, 5.74) is 0.409. The first kappa shape index (κ1) is 10.1. The van der Waals surface area contributed by atoms with Crippen LogP contribution in [0.2, 0.25) is 5.02 Å². The van der Waals surface area contributed by atoms with Gasteiger partial charge in [-0.25, -0.2) is 4.79 Å². The van der Waals surface area contributed by atoms with Crippen molar-refractivity contribution in [2.75, 3.05) is 0 Å². The lowest BCUT2D eigenvalue weighted by atomic mass is 9.86. The third kappa shape index (κ3) is 1.51. The fraction of sp³-hybridized carbons (Fsp3) is 0.417. The van der Waals surface area contributed by atoms with E-state index in [0.717, 1.165) is 18.4 Å². The number of benzene rings is 1. The lowest BCUT2D eigenvalue weighted by molar-refractivity contribution is -0.303. The molecule has 16 heavy (non-hydrogen) atoms. The molecule has 2 fully saturated rings. The Morgan fingerprint density at radius 3 is 2.44 bits per heavy atom. The second-order valence-electron chi connectivity index (χ2n) is 4.39. The van der Waals surface area contributed by atoms with Crippen LogP contribution >= 0.6 is 11.6 Å². The monoisotopic (exact) mass is 238 g/mol. The van der Waals surface area contributed by atoms with Gasteiger partial charge >= 0.3 is 5.97 Å². The Hall–Kier alpha value is -1.06. The fourth-order valence-corrected chi connectivity index (χ4v) is 2.40. The molecule has 3 nitrogen and oxygen atoms in total. The van der Waals surface area contributed by atoms with Crippen LogP contribution in [-0.2, 0) is 20.2 Å². The van der Waals surface area contributed by atoms with E-state index in [4.69, 9.17) is 16.5 Å². The van der Waals surface area contributed by atoms with Gasteiger partial charge in [-0.1, -0.05) is 23.7 Å². The highest BCUT2D eigenvalue weighted by Crippen LogP contribution is 2.52. The van der Waals surface area contributed by atoms with E-state index in [1.807, 2.05) is 24.3 Å². The normalized spacial score (nSPS) is 29.2. The predicted octanol–water partition coefficient (Wildman–Crippen LogP) is 2.82. The van der Waals surface area contributed by atoms with Gasteiger partial charge in [0.1, 0.15) is 0 Å². The maximum Gasteiger partial charge on any atom is 0.345 e. The van der Waals surface area contributed by atoms with E-state index in [9.17, 15) is 4.79 Å². The number of carbonyl (C=O) groups excluding carboxylic acids is 1. The Morgan fingerprint density at radius 1 is 1.25 bits per heavy atom. The Labute approximate surface area is 98.2 Å². The predicted molar refractivity (Wildman–Crippen MR) is 57.6 cm³/mol. The lowest BCUT2D eigenvalue weighted by Gasteiger charge is -2.24. The smallest absolute Gasteiger partial charge is 0.297 e. The van der Waals surface area contributed by atoms with Crippen LogP contribution in [0.15, 0.2) is 24.3 Å². The topological polar surface area (TPSA) is 35.5 Å².